The number of ether oxygens (including phenoxy) is 10. The Bertz CT molecular complexity index is 3370. The molecule has 0 saturated carbocycles. The quantitative estimate of drug-likeness (QED) is 0.0277. The van der Waals surface area contributed by atoms with Crippen LogP contribution in [0.25, 0.3) is 0 Å². The van der Waals surface area contributed by atoms with Crippen molar-refractivity contribution in [3.8, 4) is 105 Å². The van der Waals surface area contributed by atoms with Crippen molar-refractivity contribution in [3.05, 3.63) is 114 Å². The molecule has 0 bridgehead atoms. The standard InChI is InChI=1S/C98H140Br2O10/c1-11-21-31-41-59-101-89-69-80(52-54-82-72-94(106-64-46-36-26-16-6)84(74-92(82)104-62-44-34-24-14-4)56-58-86-76-98(110-68-50-40-30-20-10)88(100)78-96(86)108-66-48-38-28-18-8)90(102-60-42-32-22-12-2)70-79(89)51-53-81-71-93(105-63-45-35-25-15-5)83(73-91(81)103-61-43-33-23-13-3)55-57-85-75-97(109-67-49-39-29-19-9)87(99)77-95(85)107-65-47-37-27-17-7/h69-78H,11-50,59-68H2,1-10H3. The SMILES string of the molecule is CCCCCCOc1cc(C#Cc2cc(OCCCCCC)c(C#Cc3cc(OCCCCCC)c(C#Cc4cc(OCCCCCC)c(C#Cc5cc(OCCCCCC)c(Br)cc5OCCCCCC)cc4OCCCCCC)cc3OCCCCCC)cc2OCCCCCC)c(OCCCCCC)cc1Br. The molecular formula is C98H140Br2O10. The number of benzene rings is 5. The molecule has 0 heterocycles. The molecule has 0 spiro atoms. The van der Waals surface area contributed by atoms with Gasteiger partial charge in [0.1, 0.15) is 57.5 Å². The molecule has 5 rings (SSSR count). The lowest BCUT2D eigenvalue weighted by Gasteiger charge is -2.15. The largest absolute Gasteiger partial charge is 0.492 e. The summed E-state index contributed by atoms with van der Waals surface area (Å²) in [5.74, 6) is 35.6. The lowest BCUT2D eigenvalue weighted by Crippen LogP contribution is -2.04. The van der Waals surface area contributed by atoms with Crippen LogP contribution in [0.2, 0.25) is 0 Å². The Labute approximate surface area is 685 Å². The molecule has 12 heteroatoms. The monoisotopic (exact) mass is 1630 g/mol. The molecule has 0 saturated heterocycles. The van der Waals surface area contributed by atoms with Crippen LogP contribution in [-0.4, -0.2) is 66.1 Å². The lowest BCUT2D eigenvalue weighted by atomic mass is 10.0. The minimum atomic E-state index is 0.516. The summed E-state index contributed by atoms with van der Waals surface area (Å²) in [6.45, 7) is 27.9. The predicted molar refractivity (Wildman–Crippen MR) is 468 cm³/mol. The van der Waals surface area contributed by atoms with Crippen molar-refractivity contribution in [3.63, 3.8) is 0 Å². The van der Waals surface area contributed by atoms with Gasteiger partial charge < -0.3 is 47.4 Å². The summed E-state index contributed by atoms with van der Waals surface area (Å²) < 4.78 is 68.7. The van der Waals surface area contributed by atoms with E-state index in [1.807, 2.05) is 60.7 Å². The Balaban J connectivity index is 1.78. The van der Waals surface area contributed by atoms with Crippen LogP contribution in [0, 0.1) is 47.4 Å². The van der Waals surface area contributed by atoms with Gasteiger partial charge in [0.05, 0.1) is 120 Å². The summed E-state index contributed by atoms with van der Waals surface area (Å²) in [5, 5.41) is 0. The first-order valence-corrected chi connectivity index (χ1v) is 45.2. The average molecular weight is 1640 g/mol. The van der Waals surface area contributed by atoms with E-state index in [9.17, 15) is 0 Å². The van der Waals surface area contributed by atoms with Crippen molar-refractivity contribution in [2.24, 2.45) is 0 Å². The van der Waals surface area contributed by atoms with Crippen LogP contribution < -0.4 is 47.4 Å². The lowest BCUT2D eigenvalue weighted by molar-refractivity contribution is 0.294. The van der Waals surface area contributed by atoms with Crippen LogP contribution in [0.4, 0.5) is 0 Å². The first-order chi connectivity index (χ1) is 54.1. The fourth-order valence-corrected chi connectivity index (χ4v) is 13.2. The zero-order chi connectivity index (χ0) is 78.7. The molecule has 0 radical (unpaired) electrons. The molecule has 0 aliphatic heterocycles. The average Bonchev–Trinajstić information content (AvgIpc) is 0.752. The second-order valence-corrected chi connectivity index (χ2v) is 30.9. The minimum absolute atomic E-state index is 0.516. The van der Waals surface area contributed by atoms with E-state index in [-0.39, 0.29) is 0 Å². The molecule has 0 atom stereocenters. The van der Waals surface area contributed by atoms with Gasteiger partial charge >= 0.3 is 0 Å². The van der Waals surface area contributed by atoms with Crippen molar-refractivity contribution in [1.29, 1.82) is 0 Å². The molecule has 110 heavy (non-hydrogen) atoms. The summed E-state index contributed by atoms with van der Waals surface area (Å²) in [7, 11) is 0. The normalized spacial score (nSPS) is 10.8. The molecule has 5 aromatic rings. The maximum atomic E-state index is 6.89. The van der Waals surface area contributed by atoms with Crippen LogP contribution >= 0.6 is 31.9 Å². The highest BCUT2D eigenvalue weighted by molar-refractivity contribution is 9.11. The highest BCUT2D eigenvalue weighted by atomic mass is 79.9. The van der Waals surface area contributed by atoms with E-state index < -0.39 is 0 Å². The minimum Gasteiger partial charge on any atom is -0.492 e. The van der Waals surface area contributed by atoms with Gasteiger partial charge in [-0.1, -0.05) is 309 Å². The van der Waals surface area contributed by atoms with Gasteiger partial charge in [0, 0.05) is 48.5 Å². The van der Waals surface area contributed by atoms with Crippen molar-refractivity contribution in [1.82, 2.24) is 0 Å². The predicted octanol–water partition coefficient (Wildman–Crippen LogP) is 28.4. The Hall–Kier alpha value is -6.70. The second kappa shape index (κ2) is 60.9. The van der Waals surface area contributed by atoms with Gasteiger partial charge in [-0.25, -0.2) is 0 Å². The molecule has 0 amide bonds. The van der Waals surface area contributed by atoms with Crippen LogP contribution in [0.5, 0.6) is 57.5 Å². The molecule has 10 nitrogen and oxygen atoms in total. The number of hydrogen-bond donors (Lipinski definition) is 0. The third-order valence-corrected chi connectivity index (χ3v) is 20.4. The van der Waals surface area contributed by atoms with E-state index in [2.05, 4.69) is 148 Å². The summed E-state index contributed by atoms with van der Waals surface area (Å²) in [5.41, 5.74) is 5.70. The Morgan fingerprint density at radius 3 is 0.418 bits per heavy atom. The zero-order valence-corrected chi connectivity index (χ0v) is 73.1. The van der Waals surface area contributed by atoms with E-state index in [0.29, 0.717) is 134 Å². The molecule has 0 aliphatic carbocycles. The summed E-state index contributed by atoms with van der Waals surface area (Å²) in [6, 6.07) is 20.2. The first-order valence-electron chi connectivity index (χ1n) is 43.7. The van der Waals surface area contributed by atoms with Gasteiger partial charge in [-0.05, 0) is 108 Å². The number of hydrogen-bond acceptors (Lipinski definition) is 10. The first kappa shape index (κ1) is 93.9. The molecule has 606 valence electrons. The molecule has 5 aromatic carbocycles. The van der Waals surface area contributed by atoms with Gasteiger partial charge in [0.25, 0.3) is 0 Å². The Morgan fingerprint density at radius 1 is 0.164 bits per heavy atom. The van der Waals surface area contributed by atoms with Gasteiger partial charge in [0.15, 0.2) is 0 Å². The number of halogens is 2. The molecule has 0 fully saturated rings. The maximum Gasteiger partial charge on any atom is 0.136 e. The topological polar surface area (TPSA) is 92.3 Å². The van der Waals surface area contributed by atoms with Crippen LogP contribution in [0.3, 0.4) is 0 Å². The highest BCUT2D eigenvalue weighted by Crippen LogP contribution is 2.38. The third-order valence-electron chi connectivity index (χ3n) is 19.2. The van der Waals surface area contributed by atoms with Crippen molar-refractivity contribution in [2.75, 3.05) is 66.1 Å². The fourth-order valence-electron chi connectivity index (χ4n) is 12.4. The van der Waals surface area contributed by atoms with E-state index in [1.54, 1.807) is 0 Å². The third kappa shape index (κ3) is 38.2. The van der Waals surface area contributed by atoms with Crippen LogP contribution in [0.15, 0.2) is 69.6 Å². The smallest absolute Gasteiger partial charge is 0.136 e. The van der Waals surface area contributed by atoms with E-state index in [1.165, 1.54) is 38.5 Å². The Kier molecular flexibility index (Phi) is 52.0. The van der Waals surface area contributed by atoms with E-state index >= 15 is 0 Å². The van der Waals surface area contributed by atoms with Crippen molar-refractivity contribution < 1.29 is 47.4 Å². The molecular weight excluding hydrogens is 1500 g/mol. The van der Waals surface area contributed by atoms with Gasteiger partial charge in [-0.15, -0.1) is 0 Å². The van der Waals surface area contributed by atoms with Gasteiger partial charge in [-0.3, -0.25) is 0 Å². The van der Waals surface area contributed by atoms with Crippen LogP contribution in [-0.2, 0) is 0 Å². The zero-order valence-electron chi connectivity index (χ0n) is 70.0. The fraction of sp³-hybridized carbons (Fsp3) is 0.612. The molecule has 0 unspecified atom stereocenters. The molecule has 0 N–H and O–H groups in total. The maximum absolute atomic E-state index is 6.89. The molecule has 0 aromatic heterocycles. The Morgan fingerprint density at radius 2 is 0.282 bits per heavy atom. The number of rotatable bonds is 60. The van der Waals surface area contributed by atoms with Crippen molar-refractivity contribution >= 4 is 31.9 Å². The molecule has 0 aliphatic rings. The van der Waals surface area contributed by atoms with Crippen molar-refractivity contribution in [2.45, 2.75) is 326 Å². The summed E-state index contributed by atoms with van der Waals surface area (Å²) >= 11 is 7.65. The van der Waals surface area contributed by atoms with Gasteiger partial charge in [0.2, 0.25) is 0 Å². The van der Waals surface area contributed by atoms with Gasteiger partial charge in [-0.2, -0.15) is 0 Å². The van der Waals surface area contributed by atoms with Crippen LogP contribution in [0.1, 0.15) is 371 Å². The highest BCUT2D eigenvalue weighted by Gasteiger charge is 2.19. The number of unbranched alkanes of at least 4 members (excludes halogenated alkanes) is 30. The second-order valence-electron chi connectivity index (χ2n) is 29.2. The van der Waals surface area contributed by atoms with E-state index in [0.717, 1.165) is 261 Å². The summed E-state index contributed by atoms with van der Waals surface area (Å²) in [6.07, 6.45) is 43.1. The summed E-state index contributed by atoms with van der Waals surface area (Å²) in [4.78, 5) is 0. The van der Waals surface area contributed by atoms with E-state index in [4.69, 9.17) is 47.4 Å².